The number of hydrogen-bond donors (Lipinski definition) is 3. The van der Waals surface area contributed by atoms with Crippen molar-refractivity contribution < 1.29 is 23.8 Å². The van der Waals surface area contributed by atoms with Crippen molar-refractivity contribution in [3.8, 4) is 5.75 Å². The Balaban J connectivity index is 1.62. The van der Waals surface area contributed by atoms with Crippen molar-refractivity contribution in [1.29, 1.82) is 0 Å². The molecule has 8 nitrogen and oxygen atoms in total. The summed E-state index contributed by atoms with van der Waals surface area (Å²) in [5.41, 5.74) is 1.96. The molecule has 0 fully saturated rings. The van der Waals surface area contributed by atoms with E-state index in [2.05, 4.69) is 15.5 Å². The number of carbonyl (C=O) groups is 2. The molecule has 0 spiro atoms. The van der Waals surface area contributed by atoms with Crippen LogP contribution in [0.2, 0.25) is 10.0 Å². The maximum Gasteiger partial charge on any atom is 0.323 e. The van der Waals surface area contributed by atoms with Gasteiger partial charge in [-0.3, -0.25) is 9.69 Å². The molecule has 1 aliphatic heterocycles. The molecule has 0 aliphatic carbocycles. The number of aliphatic hydroxyl groups excluding tert-OH is 1. The van der Waals surface area contributed by atoms with Gasteiger partial charge in [0.25, 0.3) is 5.91 Å². The SMILES string of the molecule is C[C@H](CO)N1C[C@H](C)[C@H](CN(C)Cc2ccc(Cl)c(Cl)c2)Oc2c(NC(=O)Nc3ccc(F)cc3)cccc2C1=O. The minimum Gasteiger partial charge on any atom is -0.486 e. The lowest BCUT2D eigenvalue weighted by Gasteiger charge is -2.38. The summed E-state index contributed by atoms with van der Waals surface area (Å²) in [6.45, 7) is 5.02. The summed E-state index contributed by atoms with van der Waals surface area (Å²) in [4.78, 5) is 30.2. The molecule has 0 saturated carbocycles. The predicted octanol–water partition coefficient (Wildman–Crippen LogP) is 6.13. The molecule has 218 valence electrons. The van der Waals surface area contributed by atoms with Crippen LogP contribution in [0.5, 0.6) is 5.75 Å². The molecule has 0 radical (unpaired) electrons. The van der Waals surface area contributed by atoms with E-state index in [1.165, 1.54) is 24.3 Å². The minimum absolute atomic E-state index is 0.126. The Kier molecular flexibility index (Phi) is 10.1. The number of ether oxygens (including phenoxy) is 1. The number of halogens is 3. The van der Waals surface area contributed by atoms with Crippen LogP contribution in [0, 0.1) is 11.7 Å². The fourth-order valence-corrected chi connectivity index (χ4v) is 5.02. The van der Waals surface area contributed by atoms with Gasteiger partial charge in [0.1, 0.15) is 11.9 Å². The van der Waals surface area contributed by atoms with E-state index in [1.807, 2.05) is 26.1 Å². The van der Waals surface area contributed by atoms with Gasteiger partial charge in [0.2, 0.25) is 0 Å². The molecule has 4 rings (SSSR count). The molecular formula is C30H33Cl2FN4O4. The summed E-state index contributed by atoms with van der Waals surface area (Å²) < 4.78 is 19.8. The average Bonchev–Trinajstić information content (AvgIpc) is 2.94. The first kappa shape index (κ1) is 30.6. The summed E-state index contributed by atoms with van der Waals surface area (Å²) in [5.74, 6) is -0.614. The van der Waals surface area contributed by atoms with Gasteiger partial charge in [0, 0.05) is 31.2 Å². The number of nitrogens with one attached hydrogen (secondary N) is 2. The van der Waals surface area contributed by atoms with Gasteiger partial charge in [0.05, 0.1) is 33.9 Å². The van der Waals surface area contributed by atoms with E-state index in [9.17, 15) is 19.1 Å². The van der Waals surface area contributed by atoms with Crippen LogP contribution >= 0.6 is 23.2 Å². The van der Waals surface area contributed by atoms with Crippen molar-refractivity contribution in [1.82, 2.24) is 9.80 Å². The second-order valence-electron chi connectivity index (χ2n) is 10.3. The molecule has 41 heavy (non-hydrogen) atoms. The van der Waals surface area contributed by atoms with Crippen molar-refractivity contribution in [2.24, 2.45) is 5.92 Å². The second-order valence-corrected chi connectivity index (χ2v) is 11.2. The van der Waals surface area contributed by atoms with E-state index in [4.69, 9.17) is 27.9 Å². The molecule has 3 aromatic carbocycles. The number of para-hydroxylation sites is 1. The van der Waals surface area contributed by atoms with Gasteiger partial charge in [-0.2, -0.15) is 0 Å². The molecule has 3 aromatic rings. The monoisotopic (exact) mass is 602 g/mol. The van der Waals surface area contributed by atoms with Gasteiger partial charge in [-0.15, -0.1) is 0 Å². The first-order chi connectivity index (χ1) is 19.5. The zero-order valence-electron chi connectivity index (χ0n) is 23.0. The largest absolute Gasteiger partial charge is 0.486 e. The maximum absolute atomic E-state index is 13.7. The molecule has 1 aliphatic rings. The molecule has 3 N–H and O–H groups in total. The van der Waals surface area contributed by atoms with E-state index < -0.39 is 17.9 Å². The molecule has 0 bridgehead atoms. The number of nitrogens with zero attached hydrogens (tertiary/aromatic N) is 2. The highest BCUT2D eigenvalue weighted by Crippen LogP contribution is 2.35. The fraction of sp³-hybridized carbons (Fsp3) is 0.333. The molecule has 1 heterocycles. The lowest BCUT2D eigenvalue weighted by atomic mass is 9.99. The van der Waals surface area contributed by atoms with Gasteiger partial charge < -0.3 is 25.4 Å². The molecule has 3 atom stereocenters. The summed E-state index contributed by atoms with van der Waals surface area (Å²) in [5, 5.41) is 16.3. The average molecular weight is 604 g/mol. The number of likely N-dealkylation sites (N-methyl/N-ethyl adjacent to an activating group) is 1. The molecule has 0 aromatic heterocycles. The molecule has 11 heteroatoms. The number of benzene rings is 3. The van der Waals surface area contributed by atoms with Crippen LogP contribution in [0.4, 0.5) is 20.6 Å². The van der Waals surface area contributed by atoms with E-state index in [1.54, 1.807) is 36.1 Å². The number of fused-ring (bicyclic) bond motifs is 1. The van der Waals surface area contributed by atoms with Gasteiger partial charge in [-0.05, 0) is 68.1 Å². The maximum atomic E-state index is 13.7. The molecule has 3 amide bonds. The highest BCUT2D eigenvalue weighted by Gasteiger charge is 2.34. The Morgan fingerprint density at radius 1 is 1.15 bits per heavy atom. The number of carbonyl (C=O) groups excluding carboxylic acids is 2. The molecular weight excluding hydrogens is 570 g/mol. The zero-order chi connectivity index (χ0) is 29.7. The van der Waals surface area contributed by atoms with E-state index in [0.29, 0.717) is 41.1 Å². The number of hydrogen-bond acceptors (Lipinski definition) is 5. The Morgan fingerprint density at radius 2 is 1.88 bits per heavy atom. The quantitative estimate of drug-likeness (QED) is 0.288. The third kappa shape index (κ3) is 7.68. The van der Waals surface area contributed by atoms with Crippen LogP contribution in [-0.4, -0.2) is 65.7 Å². The van der Waals surface area contributed by atoms with Crippen molar-refractivity contribution in [3.63, 3.8) is 0 Å². The van der Waals surface area contributed by atoms with E-state index in [-0.39, 0.29) is 35.8 Å². The van der Waals surface area contributed by atoms with Crippen LogP contribution < -0.4 is 15.4 Å². The van der Waals surface area contributed by atoms with Crippen molar-refractivity contribution >= 4 is 46.5 Å². The summed E-state index contributed by atoms with van der Waals surface area (Å²) in [6.07, 6.45) is -0.383. The van der Waals surface area contributed by atoms with Crippen molar-refractivity contribution in [3.05, 3.63) is 87.7 Å². The van der Waals surface area contributed by atoms with Crippen LogP contribution in [0.1, 0.15) is 29.8 Å². The van der Waals surface area contributed by atoms with Gasteiger partial charge in [0.15, 0.2) is 5.75 Å². The van der Waals surface area contributed by atoms with Gasteiger partial charge in [-0.25, -0.2) is 9.18 Å². The van der Waals surface area contributed by atoms with Crippen LogP contribution in [-0.2, 0) is 6.54 Å². The fourth-order valence-electron chi connectivity index (χ4n) is 4.70. The molecule has 0 saturated heterocycles. The number of anilines is 2. The predicted molar refractivity (Wildman–Crippen MR) is 159 cm³/mol. The van der Waals surface area contributed by atoms with E-state index >= 15 is 0 Å². The number of urea groups is 1. The second kappa shape index (κ2) is 13.5. The number of amides is 3. The normalized spacial score (nSPS) is 17.8. The molecule has 0 unspecified atom stereocenters. The minimum atomic E-state index is -0.579. The Hall–Kier alpha value is -3.37. The Morgan fingerprint density at radius 3 is 2.56 bits per heavy atom. The first-order valence-electron chi connectivity index (χ1n) is 13.2. The Labute approximate surface area is 249 Å². The first-order valence-corrected chi connectivity index (χ1v) is 14.0. The smallest absolute Gasteiger partial charge is 0.323 e. The standard InChI is InChI=1S/C30H33Cl2FN4O4/c1-18-14-37(19(2)17-38)29(39)23-5-4-6-26(35-30(40)34-22-10-8-21(33)9-11-22)28(23)41-27(18)16-36(3)15-20-7-12-24(31)25(32)13-20/h4-13,18-19,27,38H,14-17H2,1-3H3,(H2,34,35,40)/t18-,19+,27-/m0/s1. The van der Waals surface area contributed by atoms with Crippen molar-refractivity contribution in [2.45, 2.75) is 32.5 Å². The van der Waals surface area contributed by atoms with Crippen molar-refractivity contribution in [2.75, 3.05) is 37.4 Å². The van der Waals surface area contributed by atoms with Crippen LogP contribution in [0.15, 0.2) is 60.7 Å². The zero-order valence-corrected chi connectivity index (χ0v) is 24.5. The van der Waals surface area contributed by atoms with Gasteiger partial charge in [-0.1, -0.05) is 42.3 Å². The Bertz CT molecular complexity index is 1390. The highest BCUT2D eigenvalue weighted by atomic mass is 35.5. The summed E-state index contributed by atoms with van der Waals surface area (Å²) >= 11 is 12.3. The van der Waals surface area contributed by atoms with E-state index in [0.717, 1.165) is 5.56 Å². The van der Waals surface area contributed by atoms with Crippen LogP contribution in [0.25, 0.3) is 0 Å². The summed E-state index contributed by atoms with van der Waals surface area (Å²) in [7, 11) is 1.96. The lowest BCUT2D eigenvalue weighted by molar-refractivity contribution is 0.0343. The number of aliphatic hydroxyl groups is 1. The highest BCUT2D eigenvalue weighted by molar-refractivity contribution is 6.42. The number of rotatable bonds is 8. The third-order valence-electron chi connectivity index (χ3n) is 6.97. The van der Waals surface area contributed by atoms with Crippen LogP contribution in [0.3, 0.4) is 0 Å². The van der Waals surface area contributed by atoms with Gasteiger partial charge >= 0.3 is 6.03 Å². The lowest BCUT2D eigenvalue weighted by Crippen LogP contribution is -2.49. The third-order valence-corrected chi connectivity index (χ3v) is 7.71. The topological polar surface area (TPSA) is 94.1 Å². The summed E-state index contributed by atoms with van der Waals surface area (Å²) in [6, 6.07) is 14.8.